The molecule has 0 N–H and O–H groups in total. The molecule has 1 saturated carbocycles. The van der Waals surface area contributed by atoms with Crippen molar-refractivity contribution in [3.63, 3.8) is 0 Å². The molecule has 0 bridgehead atoms. The van der Waals surface area contributed by atoms with E-state index in [9.17, 15) is 9.59 Å². The Labute approximate surface area is 134 Å². The quantitative estimate of drug-likeness (QED) is 0.801. The topological polar surface area (TPSA) is 55.7 Å². The molecule has 116 valence electrons. The number of thioether (sulfide) groups is 1. The van der Waals surface area contributed by atoms with Crippen LogP contribution in [0.5, 0.6) is 0 Å². The van der Waals surface area contributed by atoms with E-state index in [0.29, 0.717) is 30.4 Å². The van der Waals surface area contributed by atoms with Gasteiger partial charge in [0.05, 0.1) is 6.61 Å². The van der Waals surface area contributed by atoms with Crippen LogP contribution in [-0.4, -0.2) is 28.8 Å². The molecule has 1 heterocycles. The van der Waals surface area contributed by atoms with Crippen LogP contribution in [0, 0.1) is 5.92 Å². The van der Waals surface area contributed by atoms with Crippen LogP contribution in [0.2, 0.25) is 0 Å². The first-order chi connectivity index (χ1) is 10.7. The molecule has 1 aromatic rings. The molecule has 1 atom stereocenters. The summed E-state index contributed by atoms with van der Waals surface area (Å²) in [7, 11) is 0. The highest BCUT2D eigenvalue weighted by Crippen LogP contribution is 2.35. The lowest BCUT2D eigenvalue weighted by Crippen LogP contribution is -2.29. The van der Waals surface area contributed by atoms with Crippen LogP contribution in [0.25, 0.3) is 0 Å². The van der Waals surface area contributed by atoms with E-state index in [1.165, 1.54) is 11.8 Å². The van der Waals surface area contributed by atoms with Crippen molar-refractivity contribution in [2.24, 2.45) is 10.9 Å². The predicted molar refractivity (Wildman–Crippen MR) is 87.0 cm³/mol. The van der Waals surface area contributed by atoms with Gasteiger partial charge in [-0.05, 0) is 43.0 Å². The molecule has 0 saturated heterocycles. The summed E-state index contributed by atoms with van der Waals surface area (Å²) in [5.74, 6) is 0.241. The predicted octanol–water partition coefficient (Wildman–Crippen LogP) is 2.98. The lowest BCUT2D eigenvalue weighted by atomic mass is 9.98. The number of esters is 1. The van der Waals surface area contributed by atoms with Gasteiger partial charge in [0, 0.05) is 18.4 Å². The summed E-state index contributed by atoms with van der Waals surface area (Å²) in [6.45, 7) is 2.13. The fourth-order valence-electron chi connectivity index (χ4n) is 2.53. The smallest absolute Gasteiger partial charge is 0.331 e. The van der Waals surface area contributed by atoms with Gasteiger partial charge >= 0.3 is 5.97 Å². The standard InChI is InChI=1S/C17H19NO3S/c1-2-21-17(20)14-10-12-5-3-4-6-13(12)16(18-14)22-15(19)9-11-7-8-11/h3-6,11,14H,2,7-10H2,1H3. The number of carbonyl (C=O) groups is 2. The van der Waals surface area contributed by atoms with Crippen LogP contribution in [0.1, 0.15) is 37.3 Å². The monoisotopic (exact) mass is 317 g/mol. The van der Waals surface area contributed by atoms with E-state index in [4.69, 9.17) is 4.74 Å². The number of hydrogen-bond donors (Lipinski definition) is 0. The maximum Gasteiger partial charge on any atom is 0.331 e. The Hall–Kier alpha value is -1.62. The largest absolute Gasteiger partial charge is 0.464 e. The van der Waals surface area contributed by atoms with E-state index in [1.54, 1.807) is 6.92 Å². The first-order valence-corrected chi connectivity index (χ1v) is 8.52. The number of fused-ring (bicyclic) bond motifs is 1. The zero-order valence-electron chi connectivity index (χ0n) is 12.6. The van der Waals surface area contributed by atoms with E-state index < -0.39 is 6.04 Å². The number of hydrogen-bond acceptors (Lipinski definition) is 5. The molecule has 0 aromatic heterocycles. The van der Waals surface area contributed by atoms with E-state index in [-0.39, 0.29) is 11.1 Å². The van der Waals surface area contributed by atoms with Gasteiger partial charge in [0.1, 0.15) is 5.04 Å². The van der Waals surface area contributed by atoms with Gasteiger partial charge in [0.25, 0.3) is 0 Å². The SMILES string of the molecule is CCOC(=O)C1Cc2ccccc2C(SC(=O)CC2CC2)=N1. The van der Waals surface area contributed by atoms with Crippen molar-refractivity contribution in [2.45, 2.75) is 38.6 Å². The fourth-order valence-corrected chi connectivity index (χ4v) is 3.56. The van der Waals surface area contributed by atoms with Gasteiger partial charge in [0.2, 0.25) is 0 Å². The molecule has 1 aliphatic heterocycles. The third kappa shape index (κ3) is 3.58. The van der Waals surface area contributed by atoms with Crippen LogP contribution in [0.4, 0.5) is 0 Å². The van der Waals surface area contributed by atoms with Gasteiger partial charge in [-0.1, -0.05) is 24.3 Å². The zero-order valence-corrected chi connectivity index (χ0v) is 13.4. The maximum absolute atomic E-state index is 12.1. The molecule has 1 aromatic carbocycles. The van der Waals surface area contributed by atoms with Gasteiger partial charge in [0.15, 0.2) is 11.2 Å². The van der Waals surface area contributed by atoms with Crippen LogP contribution in [-0.2, 0) is 20.7 Å². The third-order valence-electron chi connectivity index (χ3n) is 3.86. The van der Waals surface area contributed by atoms with Crippen molar-refractivity contribution in [3.8, 4) is 0 Å². The van der Waals surface area contributed by atoms with Crippen LogP contribution >= 0.6 is 11.8 Å². The molecule has 3 rings (SSSR count). The average molecular weight is 317 g/mol. The van der Waals surface area contributed by atoms with Crippen LogP contribution in [0.3, 0.4) is 0 Å². The number of aliphatic imine (C=N–C) groups is 1. The molecule has 22 heavy (non-hydrogen) atoms. The first-order valence-electron chi connectivity index (χ1n) is 7.70. The molecule has 0 amide bonds. The third-order valence-corrected chi connectivity index (χ3v) is 4.77. The van der Waals surface area contributed by atoms with Gasteiger partial charge < -0.3 is 4.74 Å². The summed E-state index contributed by atoms with van der Waals surface area (Å²) in [6.07, 6.45) is 3.45. The number of nitrogens with zero attached hydrogens (tertiary/aromatic N) is 1. The molecule has 2 aliphatic rings. The van der Waals surface area contributed by atoms with E-state index in [2.05, 4.69) is 4.99 Å². The van der Waals surface area contributed by atoms with Crippen LogP contribution < -0.4 is 0 Å². The second kappa shape index (κ2) is 6.65. The highest BCUT2D eigenvalue weighted by molar-refractivity contribution is 8.26. The Balaban J connectivity index is 1.81. The molecule has 1 unspecified atom stereocenters. The van der Waals surface area contributed by atoms with E-state index in [0.717, 1.165) is 24.0 Å². The molecule has 4 nitrogen and oxygen atoms in total. The Morgan fingerprint density at radius 2 is 2.09 bits per heavy atom. The summed E-state index contributed by atoms with van der Waals surface area (Å²) < 4.78 is 5.08. The van der Waals surface area contributed by atoms with Crippen molar-refractivity contribution in [1.82, 2.24) is 0 Å². The van der Waals surface area contributed by atoms with Crippen molar-refractivity contribution in [1.29, 1.82) is 0 Å². The molecule has 1 fully saturated rings. The number of carbonyl (C=O) groups excluding carboxylic acids is 2. The molecule has 0 radical (unpaired) electrons. The number of benzene rings is 1. The van der Waals surface area contributed by atoms with Crippen molar-refractivity contribution in [2.75, 3.05) is 6.61 Å². The molecular formula is C17H19NO3S. The van der Waals surface area contributed by atoms with Crippen molar-refractivity contribution < 1.29 is 14.3 Å². The average Bonchev–Trinajstić information content (AvgIpc) is 3.31. The first kappa shape index (κ1) is 15.3. The lowest BCUT2D eigenvalue weighted by molar-refractivity contribution is -0.144. The summed E-state index contributed by atoms with van der Waals surface area (Å²) in [4.78, 5) is 28.6. The summed E-state index contributed by atoms with van der Waals surface area (Å²) in [5.41, 5.74) is 2.02. The van der Waals surface area contributed by atoms with Gasteiger partial charge in [-0.2, -0.15) is 0 Å². The Morgan fingerprint density at radius 3 is 2.82 bits per heavy atom. The van der Waals surface area contributed by atoms with Gasteiger partial charge in [-0.25, -0.2) is 4.79 Å². The molecule has 1 aliphatic carbocycles. The summed E-state index contributed by atoms with van der Waals surface area (Å²) >= 11 is 1.17. The minimum absolute atomic E-state index is 0.139. The maximum atomic E-state index is 12.1. The Bertz CT molecular complexity index is 622. The van der Waals surface area contributed by atoms with Gasteiger partial charge in [-0.3, -0.25) is 9.79 Å². The second-order valence-corrected chi connectivity index (χ2v) is 6.73. The van der Waals surface area contributed by atoms with Crippen molar-refractivity contribution in [3.05, 3.63) is 35.4 Å². The fraction of sp³-hybridized carbons (Fsp3) is 0.471. The van der Waals surface area contributed by atoms with Gasteiger partial charge in [-0.15, -0.1) is 0 Å². The Kier molecular flexibility index (Phi) is 4.62. The number of rotatable bonds is 4. The highest BCUT2D eigenvalue weighted by Gasteiger charge is 2.30. The minimum atomic E-state index is -0.536. The minimum Gasteiger partial charge on any atom is -0.464 e. The Morgan fingerprint density at radius 1 is 1.32 bits per heavy atom. The molecular weight excluding hydrogens is 298 g/mol. The molecule has 5 heteroatoms. The zero-order chi connectivity index (χ0) is 15.5. The number of ether oxygens (including phenoxy) is 1. The summed E-state index contributed by atoms with van der Waals surface area (Å²) in [6, 6.07) is 7.30. The van der Waals surface area contributed by atoms with Crippen molar-refractivity contribution >= 4 is 27.9 Å². The van der Waals surface area contributed by atoms with E-state index in [1.807, 2.05) is 24.3 Å². The molecule has 0 spiro atoms. The summed E-state index contributed by atoms with van der Waals surface area (Å²) in [5, 5.41) is 0.797. The second-order valence-electron chi connectivity index (χ2n) is 5.68. The highest BCUT2D eigenvalue weighted by atomic mass is 32.2. The normalized spacial score (nSPS) is 20.0. The lowest BCUT2D eigenvalue weighted by Gasteiger charge is -2.21. The van der Waals surface area contributed by atoms with Crippen LogP contribution in [0.15, 0.2) is 29.3 Å². The van der Waals surface area contributed by atoms with E-state index >= 15 is 0 Å².